The van der Waals surface area contributed by atoms with Gasteiger partial charge in [-0.25, -0.2) is 4.39 Å². The Bertz CT molecular complexity index is 1150. The largest absolute Gasteiger partial charge is 0.268 e. The van der Waals surface area contributed by atoms with Crippen molar-refractivity contribution in [2.24, 2.45) is 0 Å². The molecule has 26 heavy (non-hydrogen) atoms. The van der Waals surface area contributed by atoms with Crippen LogP contribution >= 0.6 is 0 Å². The number of nitrogens with zero attached hydrogens (tertiary/aromatic N) is 4. The zero-order valence-electron chi connectivity index (χ0n) is 14.4. The fourth-order valence-corrected chi connectivity index (χ4v) is 3.75. The summed E-state index contributed by atoms with van der Waals surface area (Å²) < 4.78 is 15.8. The molecule has 0 bridgehead atoms. The lowest BCUT2D eigenvalue weighted by atomic mass is 9.96. The first kappa shape index (κ1) is 15.2. The van der Waals surface area contributed by atoms with Crippen molar-refractivity contribution in [1.29, 1.82) is 0 Å². The van der Waals surface area contributed by atoms with Gasteiger partial charge in [0.2, 0.25) is 0 Å². The van der Waals surface area contributed by atoms with Crippen molar-refractivity contribution in [2.75, 3.05) is 0 Å². The average Bonchev–Trinajstić information content (AvgIpc) is 3.24. The summed E-state index contributed by atoms with van der Waals surface area (Å²) in [5.41, 5.74) is 7.67. The lowest BCUT2D eigenvalue weighted by Gasteiger charge is -2.08. The van der Waals surface area contributed by atoms with Crippen LogP contribution in [0.5, 0.6) is 0 Å². The third-order valence-corrected chi connectivity index (χ3v) is 5.03. The lowest BCUT2D eigenvalue weighted by Crippen LogP contribution is -1.94. The van der Waals surface area contributed by atoms with Gasteiger partial charge in [-0.1, -0.05) is 6.07 Å². The molecule has 0 fully saturated rings. The Morgan fingerprint density at radius 1 is 0.962 bits per heavy atom. The molecule has 0 aliphatic carbocycles. The molecule has 0 spiro atoms. The van der Waals surface area contributed by atoms with Crippen LogP contribution in [-0.4, -0.2) is 19.7 Å². The summed E-state index contributed by atoms with van der Waals surface area (Å²) in [5, 5.41) is 4.85. The Balaban J connectivity index is 1.75. The molecule has 128 valence electrons. The Hall–Kier alpha value is -3.08. The summed E-state index contributed by atoms with van der Waals surface area (Å²) >= 11 is 0. The van der Waals surface area contributed by atoms with Gasteiger partial charge in [-0.3, -0.25) is 14.6 Å². The molecule has 0 radical (unpaired) electrons. The maximum absolute atomic E-state index is 13.7. The van der Waals surface area contributed by atoms with E-state index >= 15 is 0 Å². The number of benzene rings is 2. The Kier molecular flexibility index (Phi) is 3.35. The molecule has 0 saturated carbocycles. The molecule has 4 aromatic rings. The molecule has 3 heterocycles. The molecule has 0 amide bonds. The summed E-state index contributed by atoms with van der Waals surface area (Å²) in [6, 6.07) is 11.3. The van der Waals surface area contributed by atoms with E-state index in [1.165, 1.54) is 11.8 Å². The van der Waals surface area contributed by atoms with Gasteiger partial charge in [0.15, 0.2) is 0 Å². The van der Waals surface area contributed by atoms with Gasteiger partial charge in [0.25, 0.3) is 0 Å². The molecule has 0 N–H and O–H groups in total. The monoisotopic (exact) mass is 344 g/mol. The van der Waals surface area contributed by atoms with E-state index in [4.69, 9.17) is 5.10 Å². The second-order valence-electron chi connectivity index (χ2n) is 6.72. The van der Waals surface area contributed by atoms with Gasteiger partial charge in [-0.15, -0.1) is 0 Å². The minimum absolute atomic E-state index is 0.192. The third kappa shape index (κ3) is 2.31. The quantitative estimate of drug-likeness (QED) is 0.536. The second kappa shape index (κ2) is 5.73. The van der Waals surface area contributed by atoms with E-state index in [1.54, 1.807) is 19.3 Å². The van der Waals surface area contributed by atoms with Gasteiger partial charge in [-0.2, -0.15) is 5.10 Å². The average molecular weight is 344 g/mol. The van der Waals surface area contributed by atoms with Gasteiger partial charge in [0.1, 0.15) is 11.5 Å². The lowest BCUT2D eigenvalue weighted by molar-refractivity contribution is 0.618. The highest BCUT2D eigenvalue weighted by molar-refractivity contribution is 5.88. The zero-order chi connectivity index (χ0) is 17.7. The normalized spacial score (nSPS) is 13.3. The molecular weight excluding hydrogens is 327 g/mol. The third-order valence-electron chi connectivity index (χ3n) is 5.03. The van der Waals surface area contributed by atoms with E-state index < -0.39 is 0 Å². The van der Waals surface area contributed by atoms with Crippen molar-refractivity contribution in [3.63, 3.8) is 0 Å². The van der Waals surface area contributed by atoms with Crippen LogP contribution in [0.15, 0.2) is 48.8 Å². The van der Waals surface area contributed by atoms with Crippen molar-refractivity contribution in [3.05, 3.63) is 65.9 Å². The molecule has 1 aliphatic rings. The molecular formula is C21H17FN4. The van der Waals surface area contributed by atoms with Gasteiger partial charge in [0.05, 0.1) is 11.0 Å². The molecule has 5 rings (SSSR count). The van der Waals surface area contributed by atoms with E-state index in [1.807, 2.05) is 18.2 Å². The van der Waals surface area contributed by atoms with Crippen molar-refractivity contribution >= 4 is 11.0 Å². The van der Waals surface area contributed by atoms with Gasteiger partial charge < -0.3 is 0 Å². The summed E-state index contributed by atoms with van der Waals surface area (Å²) in [7, 11) is 0. The minimum Gasteiger partial charge on any atom is -0.268 e. The minimum atomic E-state index is -0.192. The first-order chi connectivity index (χ1) is 12.7. The van der Waals surface area contributed by atoms with Crippen LogP contribution in [0, 0.1) is 12.7 Å². The zero-order valence-corrected chi connectivity index (χ0v) is 14.4. The molecule has 2 aromatic heterocycles. The van der Waals surface area contributed by atoms with E-state index in [0.717, 1.165) is 52.8 Å². The van der Waals surface area contributed by atoms with Gasteiger partial charge in [0, 0.05) is 35.8 Å². The first-order valence-corrected chi connectivity index (χ1v) is 8.78. The van der Waals surface area contributed by atoms with Crippen LogP contribution in [0.25, 0.3) is 33.4 Å². The summed E-state index contributed by atoms with van der Waals surface area (Å²) in [6.45, 7) is 2.71. The number of aryl methyl sites for hydroxylation is 2. The van der Waals surface area contributed by atoms with Gasteiger partial charge >= 0.3 is 0 Å². The Morgan fingerprint density at radius 2 is 1.77 bits per heavy atom. The predicted molar refractivity (Wildman–Crippen MR) is 99.2 cm³/mol. The Morgan fingerprint density at radius 3 is 2.62 bits per heavy atom. The summed E-state index contributed by atoms with van der Waals surface area (Å²) in [5.74, 6) is -0.192. The molecule has 0 atom stereocenters. The maximum Gasteiger partial charge on any atom is 0.126 e. The number of rotatable bonds is 2. The van der Waals surface area contributed by atoms with Crippen LogP contribution in [-0.2, 0) is 13.0 Å². The van der Waals surface area contributed by atoms with E-state index in [-0.39, 0.29) is 5.82 Å². The van der Waals surface area contributed by atoms with Crippen molar-refractivity contribution in [2.45, 2.75) is 26.3 Å². The molecule has 5 heteroatoms. The van der Waals surface area contributed by atoms with Crippen LogP contribution in [0.1, 0.15) is 17.7 Å². The molecule has 4 nitrogen and oxygen atoms in total. The van der Waals surface area contributed by atoms with Gasteiger partial charge in [-0.05, 0) is 61.2 Å². The smallest absolute Gasteiger partial charge is 0.126 e. The predicted octanol–water partition coefficient (Wildman–Crippen LogP) is 4.55. The van der Waals surface area contributed by atoms with E-state index in [9.17, 15) is 4.39 Å². The topological polar surface area (TPSA) is 43.6 Å². The fourth-order valence-electron chi connectivity index (χ4n) is 3.75. The van der Waals surface area contributed by atoms with Crippen molar-refractivity contribution in [1.82, 2.24) is 19.7 Å². The molecule has 0 unspecified atom stereocenters. The number of halogens is 1. The number of hydrogen-bond donors (Lipinski definition) is 0. The molecule has 2 aromatic carbocycles. The van der Waals surface area contributed by atoms with Crippen LogP contribution in [0.2, 0.25) is 0 Å². The van der Waals surface area contributed by atoms with E-state index in [2.05, 4.69) is 26.8 Å². The summed E-state index contributed by atoms with van der Waals surface area (Å²) in [4.78, 5) is 8.79. The maximum atomic E-state index is 13.7. The highest BCUT2D eigenvalue weighted by Gasteiger charge is 2.24. The van der Waals surface area contributed by atoms with Crippen LogP contribution < -0.4 is 0 Å². The summed E-state index contributed by atoms with van der Waals surface area (Å²) in [6.07, 6.45) is 5.51. The standard InChI is InChI=1S/C21H17FN4/c1-13-11-15(4-6-16(13)22)21-20(19-3-2-10-26(19)25-21)14-5-7-17-18(12-14)24-9-8-23-17/h4-9,11-12H,2-3,10H2,1H3. The first-order valence-electron chi connectivity index (χ1n) is 8.78. The Labute approximate surface area is 150 Å². The highest BCUT2D eigenvalue weighted by atomic mass is 19.1. The van der Waals surface area contributed by atoms with Crippen molar-refractivity contribution < 1.29 is 4.39 Å². The second-order valence-corrected chi connectivity index (χ2v) is 6.72. The number of aromatic nitrogens is 4. The highest BCUT2D eigenvalue weighted by Crippen LogP contribution is 2.38. The van der Waals surface area contributed by atoms with Crippen molar-refractivity contribution in [3.8, 4) is 22.4 Å². The molecule has 0 saturated heterocycles. The molecule has 1 aliphatic heterocycles. The SMILES string of the molecule is Cc1cc(-c2nn3c(c2-c2ccc4nccnc4c2)CCC3)ccc1F. The van der Waals surface area contributed by atoms with Crippen LogP contribution in [0.3, 0.4) is 0 Å². The fraction of sp³-hybridized carbons (Fsp3) is 0.190. The van der Waals surface area contributed by atoms with E-state index in [0.29, 0.717) is 5.56 Å². The number of fused-ring (bicyclic) bond motifs is 2. The number of hydrogen-bond acceptors (Lipinski definition) is 3. The van der Waals surface area contributed by atoms with Crippen LogP contribution in [0.4, 0.5) is 4.39 Å².